The monoisotopic (exact) mass is 261 g/mol. The Labute approximate surface area is 112 Å². The van der Waals surface area contributed by atoms with Crippen molar-refractivity contribution < 1.29 is 14.3 Å². The summed E-state index contributed by atoms with van der Waals surface area (Å²) in [6, 6.07) is 9.49. The van der Waals surface area contributed by atoms with Gasteiger partial charge in [0.15, 0.2) is 0 Å². The van der Waals surface area contributed by atoms with E-state index in [4.69, 9.17) is 10.5 Å². The van der Waals surface area contributed by atoms with Gasteiger partial charge in [-0.25, -0.2) is 0 Å². The fourth-order valence-corrected chi connectivity index (χ4v) is 2.63. The van der Waals surface area contributed by atoms with E-state index < -0.39 is 5.41 Å². The van der Waals surface area contributed by atoms with Crippen molar-refractivity contribution in [3.8, 4) is 0 Å². The van der Waals surface area contributed by atoms with Crippen LogP contribution in [0.2, 0.25) is 0 Å². The Kier molecular flexibility index (Phi) is 4.20. The number of carbonyl (C=O) groups is 2. The van der Waals surface area contributed by atoms with Crippen LogP contribution in [0.4, 0.5) is 0 Å². The number of hydrogen-bond acceptors (Lipinski definition) is 3. The molecule has 1 aliphatic rings. The Hall–Kier alpha value is -1.84. The van der Waals surface area contributed by atoms with Gasteiger partial charge in [-0.05, 0) is 18.4 Å². The zero-order valence-electron chi connectivity index (χ0n) is 10.9. The average Bonchev–Trinajstić information content (AvgIpc) is 2.87. The molecule has 0 aromatic heterocycles. The summed E-state index contributed by atoms with van der Waals surface area (Å²) < 4.78 is 5.22. The molecule has 1 aromatic rings. The van der Waals surface area contributed by atoms with E-state index in [1.807, 2.05) is 30.3 Å². The molecule has 1 aromatic carbocycles. The van der Waals surface area contributed by atoms with Crippen LogP contribution in [0.5, 0.6) is 0 Å². The number of hydrogen-bond donors (Lipinski definition) is 1. The minimum Gasteiger partial charge on any atom is -0.461 e. The lowest BCUT2D eigenvalue weighted by atomic mass is 9.82. The zero-order valence-corrected chi connectivity index (χ0v) is 10.9. The summed E-state index contributed by atoms with van der Waals surface area (Å²) in [4.78, 5) is 23.4. The molecule has 4 nitrogen and oxygen atoms in total. The minimum absolute atomic E-state index is 0.106. The summed E-state index contributed by atoms with van der Waals surface area (Å²) in [5, 5.41) is 0. The summed E-state index contributed by atoms with van der Waals surface area (Å²) in [6.07, 6.45) is 3.41. The maximum Gasteiger partial charge on any atom is 0.307 e. The molecule has 0 heterocycles. The first-order valence-corrected chi connectivity index (χ1v) is 6.62. The van der Waals surface area contributed by atoms with Gasteiger partial charge in [0.1, 0.15) is 6.61 Å². The molecule has 102 valence electrons. The van der Waals surface area contributed by atoms with Crippen LogP contribution < -0.4 is 5.73 Å². The predicted octanol–water partition coefficient (Wildman–Crippen LogP) is 2.17. The van der Waals surface area contributed by atoms with Crippen molar-refractivity contribution in [1.82, 2.24) is 0 Å². The van der Waals surface area contributed by atoms with E-state index in [1.165, 1.54) is 0 Å². The van der Waals surface area contributed by atoms with Crippen LogP contribution >= 0.6 is 0 Å². The van der Waals surface area contributed by atoms with Gasteiger partial charge in [-0.3, -0.25) is 9.59 Å². The van der Waals surface area contributed by atoms with Crippen LogP contribution in [0.1, 0.15) is 37.7 Å². The molecule has 1 amide bonds. The molecule has 1 saturated carbocycles. The molecule has 0 atom stereocenters. The molecule has 0 radical (unpaired) electrons. The van der Waals surface area contributed by atoms with Crippen molar-refractivity contribution in [2.24, 2.45) is 11.1 Å². The van der Waals surface area contributed by atoms with E-state index in [0.29, 0.717) is 12.8 Å². The molecule has 0 aliphatic heterocycles. The van der Waals surface area contributed by atoms with Crippen LogP contribution in [-0.4, -0.2) is 11.9 Å². The van der Waals surface area contributed by atoms with E-state index >= 15 is 0 Å². The Morgan fingerprint density at radius 1 is 1.16 bits per heavy atom. The lowest BCUT2D eigenvalue weighted by molar-refractivity contribution is -0.150. The van der Waals surface area contributed by atoms with Crippen LogP contribution in [0.15, 0.2) is 30.3 Å². The molecule has 1 aliphatic carbocycles. The van der Waals surface area contributed by atoms with Gasteiger partial charge in [0.25, 0.3) is 0 Å². The number of carbonyl (C=O) groups excluding carboxylic acids is 2. The largest absolute Gasteiger partial charge is 0.461 e. The highest BCUT2D eigenvalue weighted by molar-refractivity contribution is 5.86. The number of amides is 1. The first kappa shape index (κ1) is 13.6. The predicted molar refractivity (Wildman–Crippen MR) is 71.0 cm³/mol. The zero-order chi connectivity index (χ0) is 13.7. The third kappa shape index (κ3) is 3.34. The summed E-state index contributed by atoms with van der Waals surface area (Å²) in [7, 11) is 0. The quantitative estimate of drug-likeness (QED) is 0.826. The van der Waals surface area contributed by atoms with Crippen molar-refractivity contribution in [2.75, 3.05) is 0 Å². The first-order chi connectivity index (χ1) is 9.12. The third-order valence-electron chi connectivity index (χ3n) is 3.81. The molecular formula is C15H19NO3. The standard InChI is InChI=1S/C15H19NO3/c16-14(18)15(8-4-5-9-15)10-13(17)19-11-12-6-2-1-3-7-12/h1-3,6-7H,4-5,8-11H2,(H2,16,18). The third-order valence-corrected chi connectivity index (χ3v) is 3.81. The van der Waals surface area contributed by atoms with E-state index in [-0.39, 0.29) is 24.9 Å². The Morgan fingerprint density at radius 3 is 2.37 bits per heavy atom. The second-order valence-electron chi connectivity index (χ2n) is 5.17. The van der Waals surface area contributed by atoms with Crippen molar-refractivity contribution in [1.29, 1.82) is 0 Å². The summed E-state index contributed by atoms with van der Waals surface area (Å²) in [5.74, 6) is -0.716. The lowest BCUT2D eigenvalue weighted by Gasteiger charge is -2.23. The topological polar surface area (TPSA) is 69.4 Å². The number of rotatable bonds is 5. The van der Waals surface area contributed by atoms with Gasteiger partial charge in [-0.15, -0.1) is 0 Å². The highest BCUT2D eigenvalue weighted by atomic mass is 16.5. The number of nitrogens with two attached hydrogens (primary N) is 1. The van der Waals surface area contributed by atoms with Gasteiger partial charge >= 0.3 is 5.97 Å². The highest BCUT2D eigenvalue weighted by Gasteiger charge is 2.41. The van der Waals surface area contributed by atoms with Crippen LogP contribution in [0.3, 0.4) is 0 Å². The second kappa shape index (κ2) is 5.87. The number of benzene rings is 1. The molecule has 0 spiro atoms. The molecule has 2 rings (SSSR count). The maximum absolute atomic E-state index is 11.9. The van der Waals surface area contributed by atoms with E-state index in [1.54, 1.807) is 0 Å². The summed E-state index contributed by atoms with van der Waals surface area (Å²) in [5.41, 5.74) is 5.71. The minimum atomic E-state index is -0.673. The van der Waals surface area contributed by atoms with Crippen LogP contribution in [-0.2, 0) is 20.9 Å². The number of esters is 1. The first-order valence-electron chi connectivity index (χ1n) is 6.62. The molecule has 0 bridgehead atoms. The van der Waals surface area contributed by atoms with Gasteiger partial charge in [0, 0.05) is 0 Å². The molecule has 19 heavy (non-hydrogen) atoms. The summed E-state index contributed by atoms with van der Waals surface area (Å²) >= 11 is 0. The number of primary amides is 1. The summed E-state index contributed by atoms with van der Waals surface area (Å²) in [6.45, 7) is 0.245. The fraction of sp³-hybridized carbons (Fsp3) is 0.467. The van der Waals surface area contributed by atoms with Gasteiger partial charge in [0.05, 0.1) is 11.8 Å². The molecule has 0 unspecified atom stereocenters. The van der Waals surface area contributed by atoms with Crippen molar-refractivity contribution in [3.63, 3.8) is 0 Å². The van der Waals surface area contributed by atoms with E-state index in [2.05, 4.69) is 0 Å². The van der Waals surface area contributed by atoms with E-state index in [9.17, 15) is 9.59 Å². The van der Waals surface area contributed by atoms with Crippen molar-refractivity contribution in [2.45, 2.75) is 38.7 Å². The van der Waals surface area contributed by atoms with Crippen LogP contribution in [0.25, 0.3) is 0 Å². The average molecular weight is 261 g/mol. The molecule has 1 fully saturated rings. The van der Waals surface area contributed by atoms with Gasteiger partial charge in [0.2, 0.25) is 5.91 Å². The Bertz CT molecular complexity index is 450. The normalized spacial score (nSPS) is 17.1. The second-order valence-corrected chi connectivity index (χ2v) is 5.17. The van der Waals surface area contributed by atoms with E-state index in [0.717, 1.165) is 18.4 Å². The Morgan fingerprint density at radius 2 is 1.79 bits per heavy atom. The van der Waals surface area contributed by atoms with Gasteiger partial charge < -0.3 is 10.5 Å². The Balaban J connectivity index is 1.88. The number of ether oxygens (including phenoxy) is 1. The van der Waals surface area contributed by atoms with Gasteiger partial charge in [-0.1, -0.05) is 43.2 Å². The fourth-order valence-electron chi connectivity index (χ4n) is 2.63. The molecule has 0 saturated heterocycles. The van der Waals surface area contributed by atoms with Crippen molar-refractivity contribution >= 4 is 11.9 Å². The molecular weight excluding hydrogens is 242 g/mol. The van der Waals surface area contributed by atoms with Crippen molar-refractivity contribution in [3.05, 3.63) is 35.9 Å². The SMILES string of the molecule is NC(=O)C1(CC(=O)OCc2ccccc2)CCCC1. The molecule has 2 N–H and O–H groups in total. The lowest BCUT2D eigenvalue weighted by Crippen LogP contribution is -2.37. The molecule has 4 heteroatoms. The maximum atomic E-state index is 11.9. The van der Waals surface area contributed by atoms with Gasteiger partial charge in [-0.2, -0.15) is 0 Å². The smallest absolute Gasteiger partial charge is 0.307 e. The van der Waals surface area contributed by atoms with Crippen LogP contribution in [0, 0.1) is 5.41 Å². The highest BCUT2D eigenvalue weighted by Crippen LogP contribution is 2.41.